The molecule has 1 heterocycles. The number of anilines is 2. The van der Waals surface area contributed by atoms with E-state index in [-0.39, 0.29) is 11.2 Å². The van der Waals surface area contributed by atoms with Crippen molar-refractivity contribution in [2.24, 2.45) is 0 Å². The molecule has 2 aromatic rings. The van der Waals surface area contributed by atoms with Gasteiger partial charge in [-0.3, -0.25) is 4.79 Å². The second-order valence-corrected chi connectivity index (χ2v) is 8.51. The second kappa shape index (κ2) is 9.49. The van der Waals surface area contributed by atoms with Crippen LogP contribution in [0.1, 0.15) is 13.3 Å². The summed E-state index contributed by atoms with van der Waals surface area (Å²) in [6.45, 7) is 6.27. The van der Waals surface area contributed by atoms with Gasteiger partial charge in [0.1, 0.15) is 0 Å². The summed E-state index contributed by atoms with van der Waals surface area (Å²) >= 11 is 7.50. The van der Waals surface area contributed by atoms with E-state index in [2.05, 4.69) is 34.3 Å². The van der Waals surface area contributed by atoms with Crippen molar-refractivity contribution in [2.75, 3.05) is 43.4 Å². The van der Waals surface area contributed by atoms with Crippen LogP contribution in [0, 0.1) is 0 Å². The summed E-state index contributed by atoms with van der Waals surface area (Å²) in [4.78, 5) is 18.4. The number of hydrogen-bond donors (Lipinski definition) is 1. The van der Waals surface area contributed by atoms with Gasteiger partial charge in [-0.1, -0.05) is 18.5 Å². The van der Waals surface area contributed by atoms with Crippen LogP contribution in [-0.2, 0) is 4.79 Å². The summed E-state index contributed by atoms with van der Waals surface area (Å²) < 4.78 is 0. The molecule has 6 heteroatoms. The molecule has 2 aromatic carbocycles. The lowest BCUT2D eigenvalue weighted by atomic mass is 10.2. The number of halogens is 1. The first-order valence-corrected chi connectivity index (χ1v) is 10.6. The summed E-state index contributed by atoms with van der Waals surface area (Å²) in [5.41, 5.74) is 2.05. The van der Waals surface area contributed by atoms with E-state index in [0.717, 1.165) is 43.2 Å². The van der Waals surface area contributed by atoms with E-state index < -0.39 is 0 Å². The number of hydrogen-bond acceptors (Lipinski definition) is 4. The van der Waals surface area contributed by atoms with E-state index in [0.29, 0.717) is 5.02 Å². The smallest absolute Gasteiger partial charge is 0.237 e. The molecule has 144 valence electrons. The van der Waals surface area contributed by atoms with E-state index in [1.807, 2.05) is 43.3 Å². The van der Waals surface area contributed by atoms with Gasteiger partial charge in [0.2, 0.25) is 5.91 Å². The number of nitrogens with one attached hydrogen (secondary N) is 1. The SMILES string of the molecule is CCC(Sc1ccc(Cl)cc1)C(=O)Nc1ccc(N2CCN(C)CC2)cc1. The van der Waals surface area contributed by atoms with Gasteiger partial charge in [-0.25, -0.2) is 0 Å². The number of carbonyl (C=O) groups is 1. The number of carbonyl (C=O) groups excluding carboxylic acids is 1. The van der Waals surface area contributed by atoms with Gasteiger partial charge in [0.25, 0.3) is 0 Å². The van der Waals surface area contributed by atoms with Crippen LogP contribution in [0.4, 0.5) is 11.4 Å². The molecule has 4 nitrogen and oxygen atoms in total. The Labute approximate surface area is 170 Å². The van der Waals surface area contributed by atoms with Crippen LogP contribution < -0.4 is 10.2 Å². The van der Waals surface area contributed by atoms with Crippen molar-refractivity contribution >= 4 is 40.6 Å². The van der Waals surface area contributed by atoms with Crippen molar-refractivity contribution < 1.29 is 4.79 Å². The largest absolute Gasteiger partial charge is 0.369 e. The highest BCUT2D eigenvalue weighted by Gasteiger charge is 2.19. The van der Waals surface area contributed by atoms with Gasteiger partial charge in [0, 0.05) is 47.5 Å². The topological polar surface area (TPSA) is 35.6 Å². The Bertz CT molecular complexity index is 743. The number of likely N-dealkylation sites (N-methyl/N-ethyl adjacent to an activating group) is 1. The molecule has 0 bridgehead atoms. The van der Waals surface area contributed by atoms with E-state index in [1.165, 1.54) is 5.69 Å². The summed E-state index contributed by atoms with van der Waals surface area (Å²) in [7, 11) is 2.15. The molecule has 1 N–H and O–H groups in total. The highest BCUT2D eigenvalue weighted by Crippen LogP contribution is 2.28. The molecular weight excluding hydrogens is 378 g/mol. The van der Waals surface area contributed by atoms with Gasteiger partial charge in [-0.05, 0) is 62.0 Å². The van der Waals surface area contributed by atoms with Crippen LogP contribution in [0.2, 0.25) is 5.02 Å². The van der Waals surface area contributed by atoms with Crippen LogP contribution in [0.5, 0.6) is 0 Å². The van der Waals surface area contributed by atoms with Crippen LogP contribution in [0.15, 0.2) is 53.4 Å². The fourth-order valence-corrected chi connectivity index (χ4v) is 4.12. The molecule has 0 radical (unpaired) electrons. The van der Waals surface area contributed by atoms with Gasteiger partial charge in [0.05, 0.1) is 5.25 Å². The molecule has 1 fully saturated rings. The van der Waals surface area contributed by atoms with Crippen molar-refractivity contribution in [3.05, 3.63) is 53.6 Å². The zero-order valence-electron chi connectivity index (χ0n) is 15.8. The van der Waals surface area contributed by atoms with Gasteiger partial charge in [0.15, 0.2) is 0 Å². The normalized spacial score (nSPS) is 16.2. The maximum absolute atomic E-state index is 12.7. The van der Waals surface area contributed by atoms with Gasteiger partial charge in [-0.2, -0.15) is 0 Å². The first kappa shape index (κ1) is 20.1. The summed E-state index contributed by atoms with van der Waals surface area (Å²) in [6, 6.07) is 15.8. The average Bonchev–Trinajstić information content (AvgIpc) is 2.69. The fraction of sp³-hybridized carbons (Fsp3) is 0.381. The Morgan fingerprint density at radius 3 is 2.30 bits per heavy atom. The Balaban J connectivity index is 1.58. The molecule has 1 aliphatic rings. The zero-order chi connectivity index (χ0) is 19.2. The molecule has 0 aromatic heterocycles. The highest BCUT2D eigenvalue weighted by molar-refractivity contribution is 8.00. The van der Waals surface area contributed by atoms with Gasteiger partial charge < -0.3 is 15.1 Å². The van der Waals surface area contributed by atoms with Crippen molar-refractivity contribution in [3.63, 3.8) is 0 Å². The van der Waals surface area contributed by atoms with Crippen LogP contribution in [-0.4, -0.2) is 49.3 Å². The van der Waals surface area contributed by atoms with Gasteiger partial charge >= 0.3 is 0 Å². The first-order valence-electron chi connectivity index (χ1n) is 9.32. The van der Waals surface area contributed by atoms with Crippen LogP contribution in [0.3, 0.4) is 0 Å². The molecule has 1 saturated heterocycles. The second-order valence-electron chi connectivity index (χ2n) is 6.80. The molecule has 27 heavy (non-hydrogen) atoms. The third kappa shape index (κ3) is 5.64. The minimum absolute atomic E-state index is 0.0322. The Morgan fingerprint density at radius 1 is 1.07 bits per heavy atom. The predicted molar refractivity (Wildman–Crippen MR) is 116 cm³/mol. The molecule has 1 amide bonds. The van der Waals surface area contributed by atoms with E-state index in [4.69, 9.17) is 11.6 Å². The van der Waals surface area contributed by atoms with Crippen LogP contribution in [0.25, 0.3) is 0 Å². The number of thioether (sulfide) groups is 1. The van der Waals surface area contributed by atoms with Crippen molar-refractivity contribution in [3.8, 4) is 0 Å². The number of piperazine rings is 1. The Hall–Kier alpha value is -1.69. The molecular formula is C21H26ClN3OS. The molecule has 0 aliphatic carbocycles. The molecule has 0 saturated carbocycles. The number of amides is 1. The maximum atomic E-state index is 12.7. The lowest BCUT2D eigenvalue weighted by molar-refractivity contribution is -0.115. The number of nitrogens with zero attached hydrogens (tertiary/aromatic N) is 2. The quantitative estimate of drug-likeness (QED) is 0.715. The maximum Gasteiger partial charge on any atom is 0.237 e. The Kier molecular flexibility index (Phi) is 7.05. The number of benzene rings is 2. The summed E-state index contributed by atoms with van der Waals surface area (Å²) in [6.07, 6.45) is 0.762. The third-order valence-electron chi connectivity index (χ3n) is 4.76. The summed E-state index contributed by atoms with van der Waals surface area (Å²) in [5.74, 6) is 0.0322. The average molecular weight is 404 g/mol. The zero-order valence-corrected chi connectivity index (χ0v) is 17.4. The lowest BCUT2D eigenvalue weighted by Crippen LogP contribution is -2.44. The standard InChI is InChI=1S/C21H26ClN3OS/c1-3-20(27-19-10-4-16(22)5-11-19)21(26)23-17-6-8-18(9-7-17)25-14-12-24(2)13-15-25/h4-11,20H,3,12-15H2,1-2H3,(H,23,26). The van der Waals surface area contributed by atoms with Crippen molar-refractivity contribution in [1.29, 1.82) is 0 Å². The van der Waals surface area contributed by atoms with Gasteiger partial charge in [-0.15, -0.1) is 11.8 Å². The molecule has 1 atom stereocenters. The molecule has 1 aliphatic heterocycles. The Morgan fingerprint density at radius 2 is 1.70 bits per heavy atom. The summed E-state index contributed by atoms with van der Waals surface area (Å²) in [5, 5.41) is 3.62. The third-order valence-corrected chi connectivity index (χ3v) is 6.39. The molecule has 1 unspecified atom stereocenters. The van der Waals surface area contributed by atoms with E-state index >= 15 is 0 Å². The van der Waals surface area contributed by atoms with Crippen LogP contribution >= 0.6 is 23.4 Å². The lowest BCUT2D eigenvalue weighted by Gasteiger charge is -2.34. The fourth-order valence-electron chi connectivity index (χ4n) is 3.04. The van der Waals surface area contributed by atoms with Crippen molar-refractivity contribution in [1.82, 2.24) is 4.90 Å². The van der Waals surface area contributed by atoms with E-state index in [1.54, 1.807) is 11.8 Å². The predicted octanol–water partition coefficient (Wildman–Crippen LogP) is 4.60. The minimum atomic E-state index is -0.136. The monoisotopic (exact) mass is 403 g/mol. The number of rotatable bonds is 6. The van der Waals surface area contributed by atoms with Crippen molar-refractivity contribution in [2.45, 2.75) is 23.5 Å². The first-order chi connectivity index (χ1) is 13.0. The minimum Gasteiger partial charge on any atom is -0.369 e. The van der Waals surface area contributed by atoms with E-state index in [9.17, 15) is 4.79 Å². The highest BCUT2D eigenvalue weighted by atomic mass is 35.5. The molecule has 3 rings (SSSR count). The molecule has 0 spiro atoms.